The van der Waals surface area contributed by atoms with Gasteiger partial charge < -0.3 is 9.47 Å². The monoisotopic (exact) mass is 206 g/mol. The van der Waals surface area contributed by atoms with E-state index in [9.17, 15) is 4.79 Å². The zero-order valence-corrected chi connectivity index (χ0v) is 8.68. The molecular weight excluding hydrogens is 192 g/mol. The van der Waals surface area contributed by atoms with Crippen LogP contribution in [0.1, 0.15) is 5.56 Å². The van der Waals surface area contributed by atoms with Gasteiger partial charge >= 0.3 is 0 Å². The molecule has 0 aromatic heterocycles. The lowest BCUT2D eigenvalue weighted by Gasteiger charge is -2.05. The normalized spacial score (nSPS) is 10.5. The third-order valence-electron chi connectivity index (χ3n) is 1.78. The van der Waals surface area contributed by atoms with E-state index in [1.54, 1.807) is 13.2 Å². The van der Waals surface area contributed by atoms with Gasteiger partial charge in [-0.2, -0.15) is 0 Å². The van der Waals surface area contributed by atoms with Gasteiger partial charge in [0.25, 0.3) is 0 Å². The molecule has 0 saturated carbocycles. The molecule has 0 atom stereocenters. The number of rotatable bonds is 6. The molecule has 0 N–H and O–H groups in total. The predicted octanol–water partition coefficient (Wildman–Crippen LogP) is 1.92. The highest BCUT2D eigenvalue weighted by molar-refractivity contribution is 5.74. The molecule has 0 bridgehead atoms. The molecule has 0 unspecified atom stereocenters. The maximum Gasteiger partial charge on any atom is 0.142 e. The lowest BCUT2D eigenvalue weighted by Crippen LogP contribution is -2.04. The van der Waals surface area contributed by atoms with E-state index in [0.29, 0.717) is 13.2 Å². The summed E-state index contributed by atoms with van der Waals surface area (Å²) in [6.07, 6.45) is 3.93. The van der Waals surface area contributed by atoms with Gasteiger partial charge in [-0.15, -0.1) is 0 Å². The highest BCUT2D eigenvalue weighted by Crippen LogP contribution is 2.14. The Kier molecular flexibility index (Phi) is 5.19. The van der Waals surface area contributed by atoms with Gasteiger partial charge in [0.15, 0.2) is 0 Å². The molecule has 0 amide bonds. The highest BCUT2D eigenvalue weighted by Gasteiger charge is 1.93. The summed E-state index contributed by atoms with van der Waals surface area (Å²) < 4.78 is 10.3. The van der Waals surface area contributed by atoms with Gasteiger partial charge in [0, 0.05) is 7.11 Å². The zero-order valence-electron chi connectivity index (χ0n) is 8.68. The first-order valence-corrected chi connectivity index (χ1v) is 4.70. The summed E-state index contributed by atoms with van der Waals surface area (Å²) in [6, 6.07) is 7.53. The van der Waals surface area contributed by atoms with Crippen molar-refractivity contribution >= 4 is 12.4 Å². The topological polar surface area (TPSA) is 35.5 Å². The zero-order chi connectivity index (χ0) is 10.9. The Bertz CT molecular complexity index is 331. The van der Waals surface area contributed by atoms with E-state index in [1.807, 2.05) is 24.3 Å². The van der Waals surface area contributed by atoms with Crippen LogP contribution in [0.5, 0.6) is 5.75 Å². The molecule has 1 aromatic carbocycles. The molecule has 80 valence electrons. The molecule has 1 rings (SSSR count). The molecule has 0 aliphatic heterocycles. The van der Waals surface area contributed by atoms with Crippen molar-refractivity contribution in [1.82, 2.24) is 0 Å². The lowest BCUT2D eigenvalue weighted by atomic mass is 10.2. The summed E-state index contributed by atoms with van der Waals surface area (Å²) in [5, 5.41) is 0. The van der Waals surface area contributed by atoms with Crippen LogP contribution >= 0.6 is 0 Å². The van der Waals surface area contributed by atoms with Gasteiger partial charge in [-0.3, -0.25) is 4.79 Å². The molecule has 0 aliphatic carbocycles. The van der Waals surface area contributed by atoms with Crippen molar-refractivity contribution in [2.45, 2.75) is 0 Å². The number of hydrogen-bond acceptors (Lipinski definition) is 3. The van der Waals surface area contributed by atoms with E-state index in [-0.39, 0.29) is 0 Å². The lowest BCUT2D eigenvalue weighted by molar-refractivity contribution is -0.104. The van der Waals surface area contributed by atoms with E-state index in [2.05, 4.69) is 0 Å². The minimum atomic E-state index is 0.525. The fourth-order valence-electron chi connectivity index (χ4n) is 1.10. The SMILES string of the molecule is COCCOc1cccc(/C=C/C=O)c1. The number of hydrogen-bond donors (Lipinski definition) is 0. The predicted molar refractivity (Wildman–Crippen MR) is 58.9 cm³/mol. The summed E-state index contributed by atoms with van der Waals surface area (Å²) in [7, 11) is 1.63. The molecule has 15 heavy (non-hydrogen) atoms. The first kappa shape index (κ1) is 11.5. The average molecular weight is 206 g/mol. The Morgan fingerprint density at radius 3 is 2.93 bits per heavy atom. The van der Waals surface area contributed by atoms with Crippen LogP contribution in [-0.4, -0.2) is 26.6 Å². The Balaban J connectivity index is 2.57. The van der Waals surface area contributed by atoms with Crippen LogP contribution in [0, 0.1) is 0 Å². The molecule has 3 nitrogen and oxygen atoms in total. The highest BCUT2D eigenvalue weighted by atomic mass is 16.5. The maximum absolute atomic E-state index is 10.1. The van der Waals surface area contributed by atoms with Crippen molar-refractivity contribution in [1.29, 1.82) is 0 Å². The summed E-state index contributed by atoms with van der Waals surface area (Å²) >= 11 is 0. The van der Waals surface area contributed by atoms with Crippen LogP contribution in [0.15, 0.2) is 30.3 Å². The second-order valence-corrected chi connectivity index (χ2v) is 2.91. The molecule has 0 saturated heterocycles. The third-order valence-corrected chi connectivity index (χ3v) is 1.78. The van der Waals surface area contributed by atoms with Crippen molar-refractivity contribution in [3.05, 3.63) is 35.9 Å². The average Bonchev–Trinajstić information content (AvgIpc) is 2.27. The number of carbonyl (C=O) groups is 1. The summed E-state index contributed by atoms with van der Waals surface area (Å²) in [5.41, 5.74) is 0.942. The van der Waals surface area contributed by atoms with Crippen LogP contribution in [0.25, 0.3) is 6.08 Å². The number of methoxy groups -OCH3 is 1. The fourth-order valence-corrected chi connectivity index (χ4v) is 1.10. The fraction of sp³-hybridized carbons (Fsp3) is 0.250. The van der Waals surface area contributed by atoms with Gasteiger partial charge in [-0.05, 0) is 23.8 Å². The first-order chi connectivity index (χ1) is 7.36. The van der Waals surface area contributed by atoms with Gasteiger partial charge in [0.2, 0.25) is 0 Å². The van der Waals surface area contributed by atoms with Crippen molar-refractivity contribution < 1.29 is 14.3 Å². The van der Waals surface area contributed by atoms with Gasteiger partial charge in [0.1, 0.15) is 18.6 Å². The third kappa shape index (κ3) is 4.42. The largest absolute Gasteiger partial charge is 0.491 e. The molecule has 0 spiro atoms. The second kappa shape index (κ2) is 6.79. The Morgan fingerprint density at radius 1 is 1.33 bits per heavy atom. The first-order valence-electron chi connectivity index (χ1n) is 4.70. The van der Waals surface area contributed by atoms with Crippen LogP contribution in [-0.2, 0) is 9.53 Å². The minimum absolute atomic E-state index is 0.525. The maximum atomic E-state index is 10.1. The van der Waals surface area contributed by atoms with E-state index in [1.165, 1.54) is 6.08 Å². The van der Waals surface area contributed by atoms with Crippen molar-refractivity contribution in [2.75, 3.05) is 20.3 Å². The molecule has 0 aliphatic rings. The molecule has 3 heteroatoms. The Labute approximate surface area is 89.3 Å². The van der Waals surface area contributed by atoms with Crippen molar-refractivity contribution in [3.8, 4) is 5.75 Å². The number of carbonyl (C=O) groups excluding carboxylic acids is 1. The van der Waals surface area contributed by atoms with E-state index < -0.39 is 0 Å². The second-order valence-electron chi connectivity index (χ2n) is 2.91. The van der Waals surface area contributed by atoms with Gasteiger partial charge in [-0.25, -0.2) is 0 Å². The number of ether oxygens (including phenoxy) is 2. The van der Waals surface area contributed by atoms with Crippen molar-refractivity contribution in [3.63, 3.8) is 0 Å². The van der Waals surface area contributed by atoms with E-state index in [0.717, 1.165) is 17.6 Å². The van der Waals surface area contributed by atoms with Crippen molar-refractivity contribution in [2.24, 2.45) is 0 Å². The van der Waals surface area contributed by atoms with E-state index in [4.69, 9.17) is 9.47 Å². The molecular formula is C12H14O3. The number of benzene rings is 1. The van der Waals surface area contributed by atoms with Crippen LogP contribution in [0.3, 0.4) is 0 Å². The standard InChI is InChI=1S/C12H14O3/c1-14-8-9-15-12-6-2-4-11(10-12)5-3-7-13/h2-7,10H,8-9H2,1H3/b5-3+. The van der Waals surface area contributed by atoms with Gasteiger partial charge in [0.05, 0.1) is 6.61 Å². The quantitative estimate of drug-likeness (QED) is 0.405. The number of aldehydes is 1. The van der Waals surface area contributed by atoms with Crippen LogP contribution < -0.4 is 4.74 Å². The Morgan fingerprint density at radius 2 is 2.20 bits per heavy atom. The summed E-state index contributed by atoms with van der Waals surface area (Å²) in [6.45, 7) is 1.09. The molecule has 0 radical (unpaired) electrons. The van der Waals surface area contributed by atoms with Crippen LogP contribution in [0.4, 0.5) is 0 Å². The van der Waals surface area contributed by atoms with E-state index >= 15 is 0 Å². The summed E-state index contributed by atoms with van der Waals surface area (Å²) in [4.78, 5) is 10.1. The molecule has 1 aromatic rings. The molecule has 0 fully saturated rings. The Hall–Kier alpha value is -1.61. The minimum Gasteiger partial charge on any atom is -0.491 e. The molecule has 0 heterocycles. The van der Waals surface area contributed by atoms with Crippen LogP contribution in [0.2, 0.25) is 0 Å². The number of allylic oxidation sites excluding steroid dienone is 1. The summed E-state index contributed by atoms with van der Waals surface area (Å²) in [5.74, 6) is 0.778. The smallest absolute Gasteiger partial charge is 0.142 e. The van der Waals surface area contributed by atoms with Gasteiger partial charge in [-0.1, -0.05) is 18.2 Å².